The molecule has 4 N–H and O–H groups in total. The second-order valence-electron chi connectivity index (χ2n) is 15.6. The molecule has 0 saturated heterocycles. The summed E-state index contributed by atoms with van der Waals surface area (Å²) in [5, 5.41) is 9.97. The summed E-state index contributed by atoms with van der Waals surface area (Å²) in [7, 11) is 0. The number of halogens is 5. The molecule has 2 aromatic carbocycles. The number of unbranched alkanes of at least 4 members (excludes halogenated alkanes) is 2. The van der Waals surface area contributed by atoms with E-state index in [0.29, 0.717) is 70.4 Å². The topological polar surface area (TPSA) is 186 Å². The van der Waals surface area contributed by atoms with Gasteiger partial charge in [-0.1, -0.05) is 57.5 Å². The van der Waals surface area contributed by atoms with Crippen molar-refractivity contribution in [2.45, 2.75) is 71.6 Å². The number of carbonyl (C=O) groups is 5. The first-order valence-corrected chi connectivity index (χ1v) is 21.9. The number of aliphatic carboxylic acids is 1. The maximum Gasteiger partial charge on any atom is 0.490 e. The van der Waals surface area contributed by atoms with E-state index in [1.807, 2.05) is 60.6 Å². The molecule has 0 fully saturated rings. The number of nitrogens with two attached hydrogens (primary N) is 1. The van der Waals surface area contributed by atoms with Crippen LogP contribution in [0.25, 0.3) is 11.3 Å². The van der Waals surface area contributed by atoms with E-state index in [1.54, 1.807) is 18.0 Å². The molecule has 1 aliphatic heterocycles. The molecule has 0 radical (unpaired) electrons. The van der Waals surface area contributed by atoms with Gasteiger partial charge in [-0.3, -0.25) is 24.1 Å². The normalized spacial score (nSPS) is 13.2. The molecule has 14 nitrogen and oxygen atoms in total. The van der Waals surface area contributed by atoms with Gasteiger partial charge in [0.05, 0.1) is 50.5 Å². The number of ether oxygens (including phenoxy) is 2. The zero-order chi connectivity index (χ0) is 47.3. The number of aromatic nitrogens is 2. The van der Waals surface area contributed by atoms with Crippen LogP contribution in [-0.4, -0.2) is 124 Å². The lowest BCUT2D eigenvalue weighted by Crippen LogP contribution is -2.44. The zero-order valence-electron chi connectivity index (χ0n) is 36.2. The number of thioether (sulfide) groups is 1. The molecule has 20 heteroatoms. The van der Waals surface area contributed by atoms with Crippen molar-refractivity contribution in [3.63, 3.8) is 0 Å². The average Bonchev–Trinajstić information content (AvgIpc) is 3.79. The predicted molar refractivity (Wildman–Crippen MR) is 231 cm³/mol. The van der Waals surface area contributed by atoms with Gasteiger partial charge in [-0.25, -0.2) is 18.6 Å². The van der Waals surface area contributed by atoms with Crippen LogP contribution in [0.5, 0.6) is 0 Å². The van der Waals surface area contributed by atoms with Crippen molar-refractivity contribution in [1.29, 1.82) is 0 Å². The minimum Gasteiger partial charge on any atom is -0.475 e. The van der Waals surface area contributed by atoms with Crippen molar-refractivity contribution < 1.29 is 60.5 Å². The van der Waals surface area contributed by atoms with Crippen LogP contribution < -0.4 is 11.1 Å². The smallest absolute Gasteiger partial charge is 0.475 e. The van der Waals surface area contributed by atoms with Crippen molar-refractivity contribution in [1.82, 2.24) is 24.7 Å². The van der Waals surface area contributed by atoms with Crippen molar-refractivity contribution in [2.75, 3.05) is 64.1 Å². The number of alkyl halides is 3. The van der Waals surface area contributed by atoms with E-state index in [9.17, 15) is 36.7 Å². The van der Waals surface area contributed by atoms with Crippen LogP contribution in [0.1, 0.15) is 70.3 Å². The second-order valence-corrected chi connectivity index (χ2v) is 16.7. The van der Waals surface area contributed by atoms with Crippen LogP contribution in [0.4, 0.5) is 22.0 Å². The SMILES string of the molecule is CC(C)(C)[C@H](c1nc(-c2cc(F)ccc2F)cn1Cc1ccccc1)N(CCCN)C(=O)CSCCCCCC(=O)NCCOCCOCCN1C(=O)C=CC1=O.O=C(O)C(F)(F)F. The van der Waals surface area contributed by atoms with Gasteiger partial charge in [-0.2, -0.15) is 24.9 Å². The highest BCUT2D eigenvalue weighted by Gasteiger charge is 2.39. The molecule has 2 heterocycles. The van der Waals surface area contributed by atoms with Crippen molar-refractivity contribution >= 4 is 41.4 Å². The molecular formula is C44H57F5N6O8S. The van der Waals surface area contributed by atoms with Crippen molar-refractivity contribution in [2.24, 2.45) is 11.1 Å². The van der Waals surface area contributed by atoms with Crippen LogP contribution in [0.15, 0.2) is 66.9 Å². The molecule has 3 aromatic rings. The van der Waals surface area contributed by atoms with Crippen LogP contribution in [0.3, 0.4) is 0 Å². The molecule has 0 unspecified atom stereocenters. The van der Waals surface area contributed by atoms with E-state index < -0.39 is 35.2 Å². The molecule has 0 saturated carbocycles. The molecule has 1 aromatic heterocycles. The number of nitrogens with zero attached hydrogens (tertiary/aromatic N) is 4. The quantitative estimate of drug-likeness (QED) is 0.0504. The monoisotopic (exact) mass is 924 g/mol. The summed E-state index contributed by atoms with van der Waals surface area (Å²) < 4.78 is 73.9. The lowest BCUT2D eigenvalue weighted by atomic mass is 9.84. The minimum atomic E-state index is -5.08. The summed E-state index contributed by atoms with van der Waals surface area (Å²) >= 11 is 1.55. The third kappa shape index (κ3) is 18.1. The van der Waals surface area contributed by atoms with E-state index in [4.69, 9.17) is 30.1 Å². The van der Waals surface area contributed by atoms with Gasteiger partial charge in [0.2, 0.25) is 11.8 Å². The maximum atomic E-state index is 15.0. The van der Waals surface area contributed by atoms with Crippen LogP contribution >= 0.6 is 11.8 Å². The number of hydrogen-bond donors (Lipinski definition) is 3. The Morgan fingerprint density at radius 3 is 2.20 bits per heavy atom. The highest BCUT2D eigenvalue weighted by Crippen LogP contribution is 2.40. The molecule has 352 valence electrons. The predicted octanol–water partition coefficient (Wildman–Crippen LogP) is 6.14. The molecular weight excluding hydrogens is 868 g/mol. The number of hydrogen-bond acceptors (Lipinski definition) is 10. The fraction of sp³-hybridized carbons (Fsp3) is 0.500. The first-order valence-electron chi connectivity index (χ1n) is 20.7. The summed E-state index contributed by atoms with van der Waals surface area (Å²) in [6, 6.07) is 12.6. The number of benzene rings is 2. The largest absolute Gasteiger partial charge is 0.490 e. The Morgan fingerprint density at radius 1 is 0.922 bits per heavy atom. The van der Waals surface area contributed by atoms with E-state index in [2.05, 4.69) is 5.32 Å². The number of amides is 4. The summed E-state index contributed by atoms with van der Waals surface area (Å²) in [6.45, 7) is 9.16. The second kappa shape index (κ2) is 26.6. The maximum absolute atomic E-state index is 15.0. The Labute approximate surface area is 373 Å². The lowest BCUT2D eigenvalue weighted by Gasteiger charge is -2.40. The van der Waals surface area contributed by atoms with Gasteiger partial charge in [-0.15, -0.1) is 0 Å². The molecule has 0 spiro atoms. The fourth-order valence-electron chi connectivity index (χ4n) is 6.42. The summed E-state index contributed by atoms with van der Waals surface area (Å²) in [5.41, 5.74) is 6.81. The summed E-state index contributed by atoms with van der Waals surface area (Å²) in [4.78, 5) is 66.1. The summed E-state index contributed by atoms with van der Waals surface area (Å²) in [6.07, 6.45) is 2.51. The third-order valence-electron chi connectivity index (χ3n) is 9.47. The van der Waals surface area contributed by atoms with E-state index in [-0.39, 0.29) is 48.1 Å². The van der Waals surface area contributed by atoms with Crippen LogP contribution in [0, 0.1) is 17.0 Å². The van der Waals surface area contributed by atoms with Gasteiger partial charge in [-0.05, 0) is 60.7 Å². The molecule has 0 aliphatic carbocycles. The first kappa shape index (κ1) is 53.2. The third-order valence-corrected chi connectivity index (χ3v) is 10.5. The fourth-order valence-corrected chi connectivity index (χ4v) is 7.31. The molecule has 4 amide bonds. The van der Waals surface area contributed by atoms with Crippen molar-refractivity contribution in [3.05, 3.63) is 89.9 Å². The van der Waals surface area contributed by atoms with Crippen molar-refractivity contribution in [3.8, 4) is 11.3 Å². The summed E-state index contributed by atoms with van der Waals surface area (Å²) in [5.74, 6) is -3.10. The van der Waals surface area contributed by atoms with Crippen LogP contribution in [-0.2, 0) is 40.0 Å². The Morgan fingerprint density at radius 2 is 1.58 bits per heavy atom. The number of carboxylic acid groups (broad SMARTS) is 1. The Bertz CT molecular complexity index is 1990. The Balaban J connectivity index is 0.00000143. The minimum absolute atomic E-state index is 0.0519. The van der Waals surface area contributed by atoms with Crippen LogP contribution in [0.2, 0.25) is 0 Å². The molecule has 0 bridgehead atoms. The van der Waals surface area contributed by atoms with Gasteiger partial charge in [0.25, 0.3) is 11.8 Å². The number of rotatable bonds is 25. The van der Waals surface area contributed by atoms with Gasteiger partial charge >= 0.3 is 12.1 Å². The number of imide groups is 1. The Hall–Kier alpha value is -5.18. The molecule has 64 heavy (non-hydrogen) atoms. The average molecular weight is 925 g/mol. The Kier molecular flexibility index (Phi) is 22.1. The highest BCUT2D eigenvalue weighted by molar-refractivity contribution is 7.99. The number of carbonyl (C=O) groups excluding carboxylic acids is 4. The standard InChI is InChI=1S/C42H56F2N6O6S.C2HF3O2/c1-42(2,3)40(41-47-35(33-27-32(43)14-15-34(33)44)29-48(41)28-31-11-6-4-7-12-31)50(20-10-18-45)39(54)30-57-26-9-5-8-13-36(51)46-19-22-55-24-25-56-23-21-49-37(52)16-17-38(49)53;3-2(4,5)1(6)7/h4,6-7,11-12,14-17,27,29,40H,5,8-10,13,18-26,28,30,45H2,1-3H3,(H,46,51);(H,6,7)/t40-;/m0./s1. The van der Waals surface area contributed by atoms with Gasteiger partial charge < -0.3 is 35.1 Å². The zero-order valence-corrected chi connectivity index (χ0v) is 37.0. The molecule has 1 aliphatic rings. The first-order chi connectivity index (χ1) is 30.3. The highest BCUT2D eigenvalue weighted by atomic mass is 32.2. The molecule has 1 atom stereocenters. The van der Waals surface area contributed by atoms with Gasteiger partial charge in [0, 0.05) is 50.0 Å². The number of imidazole rings is 1. The van der Waals surface area contributed by atoms with E-state index in [0.717, 1.165) is 53.7 Å². The van der Waals surface area contributed by atoms with Gasteiger partial charge in [0.1, 0.15) is 17.5 Å². The van der Waals surface area contributed by atoms with Gasteiger partial charge in [0.15, 0.2) is 0 Å². The van der Waals surface area contributed by atoms with E-state index >= 15 is 4.39 Å². The number of carboxylic acids is 1. The lowest BCUT2D eigenvalue weighted by molar-refractivity contribution is -0.192. The van der Waals surface area contributed by atoms with E-state index in [1.165, 1.54) is 12.2 Å². The molecule has 4 rings (SSSR count). The number of nitrogens with one attached hydrogen (secondary N) is 1.